The summed E-state index contributed by atoms with van der Waals surface area (Å²) in [7, 11) is 0. The Bertz CT molecular complexity index is 1110. The Kier molecular flexibility index (Phi) is 6.13. The van der Waals surface area contributed by atoms with Gasteiger partial charge in [-0.05, 0) is 48.2 Å². The third-order valence-electron chi connectivity index (χ3n) is 5.13. The Hall–Kier alpha value is -3.45. The summed E-state index contributed by atoms with van der Waals surface area (Å²) in [5.74, 6) is -0.732. The number of ether oxygens (including phenoxy) is 1. The molecule has 2 aromatic carbocycles. The van der Waals surface area contributed by atoms with Gasteiger partial charge in [-0.1, -0.05) is 30.3 Å². The smallest absolute Gasteiger partial charge is 0.338 e. The third kappa shape index (κ3) is 4.51. The molecule has 7 heteroatoms. The van der Waals surface area contributed by atoms with E-state index in [4.69, 9.17) is 4.74 Å². The molecule has 1 aromatic heterocycles. The molecule has 0 spiro atoms. The molecule has 0 fully saturated rings. The molecular formula is C24H22N2O4S. The predicted octanol–water partition coefficient (Wildman–Crippen LogP) is 4.65. The van der Waals surface area contributed by atoms with Crippen molar-refractivity contribution in [2.24, 2.45) is 0 Å². The van der Waals surface area contributed by atoms with Gasteiger partial charge < -0.3 is 15.0 Å². The van der Waals surface area contributed by atoms with E-state index in [2.05, 4.69) is 5.32 Å². The molecule has 0 aliphatic carbocycles. The lowest BCUT2D eigenvalue weighted by Crippen LogP contribution is -2.31. The lowest BCUT2D eigenvalue weighted by molar-refractivity contribution is -0.117. The quantitative estimate of drug-likeness (QED) is 0.549. The highest BCUT2D eigenvalue weighted by atomic mass is 32.1. The van der Waals surface area contributed by atoms with E-state index in [0.29, 0.717) is 23.4 Å². The van der Waals surface area contributed by atoms with Crippen LogP contribution < -0.4 is 5.32 Å². The van der Waals surface area contributed by atoms with Gasteiger partial charge in [-0.2, -0.15) is 0 Å². The van der Waals surface area contributed by atoms with Crippen molar-refractivity contribution in [1.29, 1.82) is 0 Å². The minimum Gasteiger partial charge on any atom is -0.462 e. The van der Waals surface area contributed by atoms with Gasteiger partial charge in [0.15, 0.2) is 0 Å². The van der Waals surface area contributed by atoms with Crippen LogP contribution in [0.15, 0.2) is 66.0 Å². The average Bonchev–Trinajstić information content (AvgIpc) is 3.41. The maximum absolute atomic E-state index is 13.0. The Labute approximate surface area is 184 Å². The van der Waals surface area contributed by atoms with Crippen LogP contribution in [0.3, 0.4) is 0 Å². The molecular weight excluding hydrogens is 412 g/mol. The number of nitrogens with one attached hydrogen (secondary N) is 1. The van der Waals surface area contributed by atoms with Crippen LogP contribution in [0.4, 0.5) is 5.69 Å². The van der Waals surface area contributed by atoms with E-state index in [0.717, 1.165) is 10.4 Å². The summed E-state index contributed by atoms with van der Waals surface area (Å²) in [5, 5.41) is 4.79. The van der Waals surface area contributed by atoms with Crippen LogP contribution in [-0.4, -0.2) is 29.3 Å². The van der Waals surface area contributed by atoms with Gasteiger partial charge in [0.1, 0.15) is 0 Å². The second-order valence-corrected chi connectivity index (χ2v) is 8.15. The van der Waals surface area contributed by atoms with Crippen molar-refractivity contribution in [2.75, 3.05) is 11.9 Å². The lowest BCUT2D eigenvalue weighted by Gasteiger charge is -2.26. The number of hydrogen-bond donors (Lipinski definition) is 1. The Morgan fingerprint density at radius 2 is 1.97 bits per heavy atom. The number of fused-ring (bicyclic) bond motifs is 1. The SMILES string of the molecule is CCOC(=O)c1cccc(NC(=O)C[C@H](c2cccs2)N2Cc3ccccc3C2=O)c1. The van der Waals surface area contributed by atoms with E-state index in [1.165, 1.54) is 11.3 Å². The second-order valence-electron chi connectivity index (χ2n) is 7.17. The topological polar surface area (TPSA) is 75.7 Å². The molecule has 1 aliphatic rings. The number of thiophene rings is 1. The zero-order valence-corrected chi connectivity index (χ0v) is 17.9. The zero-order chi connectivity index (χ0) is 21.8. The van der Waals surface area contributed by atoms with E-state index in [-0.39, 0.29) is 30.9 Å². The first-order valence-corrected chi connectivity index (χ1v) is 10.9. The summed E-state index contributed by atoms with van der Waals surface area (Å²) in [6.45, 7) is 2.50. The van der Waals surface area contributed by atoms with Crippen LogP contribution >= 0.6 is 11.3 Å². The third-order valence-corrected chi connectivity index (χ3v) is 6.11. The molecule has 3 aromatic rings. The maximum Gasteiger partial charge on any atom is 0.338 e. The van der Waals surface area contributed by atoms with Crippen LogP contribution in [-0.2, 0) is 16.1 Å². The van der Waals surface area contributed by atoms with Gasteiger partial charge >= 0.3 is 5.97 Å². The van der Waals surface area contributed by atoms with Crippen molar-refractivity contribution in [1.82, 2.24) is 4.90 Å². The lowest BCUT2D eigenvalue weighted by atomic mass is 10.1. The van der Waals surface area contributed by atoms with Crippen molar-refractivity contribution < 1.29 is 19.1 Å². The first-order valence-electron chi connectivity index (χ1n) is 10.1. The molecule has 0 saturated heterocycles. The molecule has 2 heterocycles. The Morgan fingerprint density at radius 3 is 2.71 bits per heavy atom. The van der Waals surface area contributed by atoms with Gasteiger partial charge in [0.05, 0.1) is 24.6 Å². The number of rotatable bonds is 7. The summed E-state index contributed by atoms with van der Waals surface area (Å²) in [6.07, 6.45) is 0.115. The Balaban J connectivity index is 1.51. The average molecular weight is 435 g/mol. The molecule has 4 rings (SSSR count). The van der Waals surface area contributed by atoms with Gasteiger partial charge in [0, 0.05) is 22.7 Å². The number of carbonyl (C=O) groups is 3. The number of amides is 2. The summed E-state index contributed by atoms with van der Waals surface area (Å²) in [5.41, 5.74) is 2.54. The number of nitrogens with zero attached hydrogens (tertiary/aromatic N) is 1. The summed E-state index contributed by atoms with van der Waals surface area (Å²) >= 11 is 1.52. The van der Waals surface area contributed by atoms with Crippen LogP contribution in [0.1, 0.15) is 50.5 Å². The fraction of sp³-hybridized carbons (Fsp3) is 0.208. The van der Waals surface area contributed by atoms with E-state index in [9.17, 15) is 14.4 Å². The van der Waals surface area contributed by atoms with E-state index in [1.54, 1.807) is 36.1 Å². The number of esters is 1. The summed E-state index contributed by atoms with van der Waals surface area (Å²) in [6, 6.07) is 17.7. The zero-order valence-electron chi connectivity index (χ0n) is 17.0. The molecule has 1 aliphatic heterocycles. The molecule has 1 atom stereocenters. The highest BCUT2D eigenvalue weighted by Crippen LogP contribution is 2.35. The molecule has 2 amide bonds. The predicted molar refractivity (Wildman–Crippen MR) is 119 cm³/mol. The fourth-order valence-corrected chi connectivity index (χ4v) is 4.54. The number of carbonyl (C=O) groups excluding carboxylic acids is 3. The first kappa shape index (κ1) is 20.8. The van der Waals surface area contributed by atoms with Crippen LogP contribution in [0, 0.1) is 0 Å². The van der Waals surface area contributed by atoms with Crippen LogP contribution in [0.25, 0.3) is 0 Å². The molecule has 0 radical (unpaired) electrons. The highest BCUT2D eigenvalue weighted by molar-refractivity contribution is 7.10. The number of anilines is 1. The first-order chi connectivity index (χ1) is 15.1. The normalized spacial score (nSPS) is 13.6. The summed E-state index contributed by atoms with van der Waals surface area (Å²) in [4.78, 5) is 40.6. The van der Waals surface area contributed by atoms with Crippen molar-refractivity contribution in [3.05, 3.63) is 87.6 Å². The van der Waals surface area contributed by atoms with E-state index in [1.807, 2.05) is 41.8 Å². The van der Waals surface area contributed by atoms with E-state index < -0.39 is 5.97 Å². The van der Waals surface area contributed by atoms with Crippen LogP contribution in [0.5, 0.6) is 0 Å². The minimum atomic E-state index is -0.435. The standard InChI is InChI=1S/C24H22N2O4S/c1-2-30-24(29)16-8-5-9-18(13-16)25-22(27)14-20(21-11-6-12-31-21)26-15-17-7-3-4-10-19(17)23(26)28/h3-13,20H,2,14-15H2,1H3,(H,25,27)/t20-/m1/s1. The molecule has 1 N–H and O–H groups in total. The molecule has 31 heavy (non-hydrogen) atoms. The van der Waals surface area contributed by atoms with Crippen LogP contribution in [0.2, 0.25) is 0 Å². The largest absolute Gasteiger partial charge is 0.462 e. The van der Waals surface area contributed by atoms with Gasteiger partial charge in [-0.15, -0.1) is 11.3 Å². The molecule has 6 nitrogen and oxygen atoms in total. The van der Waals surface area contributed by atoms with Gasteiger partial charge in [-0.25, -0.2) is 4.79 Å². The van der Waals surface area contributed by atoms with Crippen molar-refractivity contribution >= 4 is 34.8 Å². The highest BCUT2D eigenvalue weighted by Gasteiger charge is 2.34. The molecule has 0 bridgehead atoms. The maximum atomic E-state index is 13.0. The van der Waals surface area contributed by atoms with Crippen molar-refractivity contribution in [3.63, 3.8) is 0 Å². The van der Waals surface area contributed by atoms with Gasteiger partial charge in [0.25, 0.3) is 5.91 Å². The van der Waals surface area contributed by atoms with E-state index >= 15 is 0 Å². The van der Waals surface area contributed by atoms with Crippen molar-refractivity contribution in [2.45, 2.75) is 25.9 Å². The monoisotopic (exact) mass is 434 g/mol. The Morgan fingerprint density at radius 1 is 1.13 bits per heavy atom. The minimum absolute atomic E-state index is 0.0638. The molecule has 0 unspecified atom stereocenters. The molecule has 158 valence electrons. The van der Waals surface area contributed by atoms with Gasteiger partial charge in [0.2, 0.25) is 5.91 Å². The second kappa shape index (κ2) is 9.14. The number of hydrogen-bond acceptors (Lipinski definition) is 5. The van der Waals surface area contributed by atoms with Crippen molar-refractivity contribution in [3.8, 4) is 0 Å². The number of benzene rings is 2. The molecule has 0 saturated carbocycles. The summed E-state index contributed by atoms with van der Waals surface area (Å²) < 4.78 is 5.02. The van der Waals surface area contributed by atoms with Gasteiger partial charge in [-0.3, -0.25) is 9.59 Å². The fourth-order valence-electron chi connectivity index (χ4n) is 3.70.